The second kappa shape index (κ2) is 12.8. The lowest BCUT2D eigenvalue weighted by molar-refractivity contribution is -0.152. The lowest BCUT2D eigenvalue weighted by atomic mass is 10.0. The van der Waals surface area contributed by atoms with Crippen LogP contribution in [0.25, 0.3) is 0 Å². The second-order valence-corrected chi connectivity index (χ2v) is 8.88. The Labute approximate surface area is 206 Å². The molecule has 0 saturated carbocycles. The highest BCUT2D eigenvalue weighted by Crippen LogP contribution is 2.21. The van der Waals surface area contributed by atoms with E-state index in [4.69, 9.17) is 15.2 Å². The number of carbonyl (C=O) groups excluding carboxylic acids is 1. The molecular weight excluding hydrogens is 444 g/mol. The van der Waals surface area contributed by atoms with Crippen molar-refractivity contribution in [3.05, 3.63) is 89.5 Å². The minimum atomic E-state index is -0.818. The molecule has 3 rings (SSSR count). The number of carbonyl (C=O) groups is 1. The number of aryl methyl sites for hydroxylation is 2. The molecule has 0 spiro atoms. The third kappa shape index (κ3) is 8.63. The van der Waals surface area contributed by atoms with Gasteiger partial charge in [0.2, 0.25) is 0 Å². The van der Waals surface area contributed by atoms with E-state index < -0.39 is 18.1 Å². The highest BCUT2D eigenvalue weighted by atomic mass is 16.6. The van der Waals surface area contributed by atoms with Gasteiger partial charge in [0.25, 0.3) is 0 Å². The number of para-hydroxylation sites is 1. The number of phenols is 2. The van der Waals surface area contributed by atoms with E-state index >= 15 is 0 Å². The first-order valence-electron chi connectivity index (χ1n) is 11.7. The smallest absolute Gasteiger partial charge is 0.323 e. The van der Waals surface area contributed by atoms with Crippen LogP contribution in [0.2, 0.25) is 0 Å². The first-order valence-corrected chi connectivity index (χ1v) is 11.7. The minimum Gasteiger partial charge on any atom is -0.508 e. The van der Waals surface area contributed by atoms with Crippen LogP contribution in [-0.4, -0.2) is 60.5 Å². The van der Waals surface area contributed by atoms with E-state index in [0.29, 0.717) is 13.0 Å². The van der Waals surface area contributed by atoms with Gasteiger partial charge in [-0.3, -0.25) is 4.79 Å². The molecule has 0 fully saturated rings. The summed E-state index contributed by atoms with van der Waals surface area (Å²) in [6.45, 7) is 0.694. The maximum Gasteiger partial charge on any atom is 0.323 e. The quantitative estimate of drug-likeness (QED) is 0.343. The van der Waals surface area contributed by atoms with E-state index in [0.717, 1.165) is 35.3 Å². The number of nitrogens with two attached hydrogens (primary N) is 1. The van der Waals surface area contributed by atoms with Crippen LogP contribution >= 0.6 is 0 Å². The predicted molar refractivity (Wildman–Crippen MR) is 136 cm³/mol. The van der Waals surface area contributed by atoms with Gasteiger partial charge in [0.1, 0.15) is 36.0 Å². The van der Waals surface area contributed by atoms with Crippen molar-refractivity contribution in [2.75, 3.05) is 27.2 Å². The van der Waals surface area contributed by atoms with E-state index in [1.807, 2.05) is 55.4 Å². The molecule has 0 amide bonds. The molecule has 0 heterocycles. The van der Waals surface area contributed by atoms with E-state index in [2.05, 4.69) is 0 Å². The molecule has 4 N–H and O–H groups in total. The van der Waals surface area contributed by atoms with Crippen LogP contribution in [0.3, 0.4) is 0 Å². The number of rotatable bonds is 12. The van der Waals surface area contributed by atoms with Crippen molar-refractivity contribution >= 4 is 5.97 Å². The maximum absolute atomic E-state index is 12.7. The Hall–Kier alpha value is -3.55. The van der Waals surface area contributed by atoms with Gasteiger partial charge in [-0.25, -0.2) is 0 Å². The van der Waals surface area contributed by atoms with Crippen LogP contribution in [0, 0.1) is 0 Å². The Kier molecular flexibility index (Phi) is 9.52. The average molecular weight is 479 g/mol. The molecule has 3 aromatic rings. The van der Waals surface area contributed by atoms with Gasteiger partial charge in [-0.2, -0.15) is 0 Å². The zero-order valence-corrected chi connectivity index (χ0v) is 20.3. The van der Waals surface area contributed by atoms with Crippen molar-refractivity contribution in [1.82, 2.24) is 4.90 Å². The van der Waals surface area contributed by atoms with Crippen LogP contribution in [0.4, 0.5) is 0 Å². The van der Waals surface area contributed by atoms with E-state index in [1.54, 1.807) is 36.4 Å². The monoisotopic (exact) mass is 478 g/mol. The molecule has 3 aromatic carbocycles. The van der Waals surface area contributed by atoms with Gasteiger partial charge >= 0.3 is 5.97 Å². The van der Waals surface area contributed by atoms with Crippen LogP contribution in [-0.2, 0) is 28.8 Å². The number of esters is 1. The fourth-order valence-corrected chi connectivity index (χ4v) is 3.73. The fraction of sp³-hybridized carbons (Fsp3) is 0.321. The summed E-state index contributed by atoms with van der Waals surface area (Å²) in [5.74, 6) is 0.673. The zero-order valence-electron chi connectivity index (χ0n) is 20.3. The summed E-state index contributed by atoms with van der Waals surface area (Å²) < 4.78 is 11.8. The highest BCUT2D eigenvalue weighted by molar-refractivity contribution is 5.76. The van der Waals surface area contributed by atoms with Gasteiger partial charge in [0, 0.05) is 6.54 Å². The molecule has 0 aromatic heterocycles. The van der Waals surface area contributed by atoms with Crippen molar-refractivity contribution in [3.63, 3.8) is 0 Å². The predicted octanol–water partition coefficient (Wildman–Crippen LogP) is 3.31. The normalized spacial score (nSPS) is 12.8. The Balaban J connectivity index is 1.58. The van der Waals surface area contributed by atoms with Gasteiger partial charge < -0.3 is 30.3 Å². The summed E-state index contributed by atoms with van der Waals surface area (Å²) >= 11 is 0. The van der Waals surface area contributed by atoms with Crippen LogP contribution < -0.4 is 10.5 Å². The lowest BCUT2D eigenvalue weighted by Gasteiger charge is -2.24. The molecule has 7 heteroatoms. The molecule has 0 aliphatic carbocycles. The Morgan fingerprint density at radius 3 is 2.11 bits per heavy atom. The third-order valence-electron chi connectivity index (χ3n) is 5.56. The van der Waals surface area contributed by atoms with Crippen molar-refractivity contribution < 1.29 is 24.5 Å². The molecule has 0 aliphatic rings. The number of nitrogens with zero attached hydrogens (tertiary/aromatic N) is 1. The highest BCUT2D eigenvalue weighted by Gasteiger charge is 2.22. The van der Waals surface area contributed by atoms with E-state index in [-0.39, 0.29) is 18.1 Å². The van der Waals surface area contributed by atoms with Crippen LogP contribution in [0.15, 0.2) is 72.8 Å². The molecule has 0 saturated heterocycles. The molecule has 0 radical (unpaired) electrons. The third-order valence-corrected chi connectivity index (χ3v) is 5.56. The van der Waals surface area contributed by atoms with Crippen molar-refractivity contribution in [2.45, 2.75) is 31.4 Å². The lowest BCUT2D eigenvalue weighted by Crippen LogP contribution is -2.41. The summed E-state index contributed by atoms with van der Waals surface area (Å²) in [6.07, 6.45) is 1.40. The summed E-state index contributed by atoms with van der Waals surface area (Å²) in [5, 5.41) is 18.9. The van der Waals surface area contributed by atoms with Crippen molar-refractivity contribution in [1.29, 1.82) is 0 Å². The molecule has 2 atom stereocenters. The number of ether oxygens (including phenoxy) is 2. The summed E-state index contributed by atoms with van der Waals surface area (Å²) in [5.41, 5.74) is 9.12. The first-order chi connectivity index (χ1) is 16.8. The second-order valence-electron chi connectivity index (χ2n) is 8.88. The van der Waals surface area contributed by atoms with Gasteiger partial charge in [0.15, 0.2) is 0 Å². The molecule has 0 aliphatic heterocycles. The van der Waals surface area contributed by atoms with Crippen molar-refractivity contribution in [2.24, 2.45) is 5.73 Å². The SMILES string of the molecule is CN(C)CC(COc1ccccc1CCc1ccc(O)cc1)OC(=O)C(N)Cc1ccc(O)cc1. The molecule has 7 nitrogen and oxygen atoms in total. The first kappa shape index (κ1) is 26.1. The summed E-state index contributed by atoms with van der Waals surface area (Å²) in [4.78, 5) is 14.6. The number of hydrogen-bond acceptors (Lipinski definition) is 7. The fourth-order valence-electron chi connectivity index (χ4n) is 3.73. The Morgan fingerprint density at radius 2 is 1.49 bits per heavy atom. The van der Waals surface area contributed by atoms with Crippen LogP contribution in [0.5, 0.6) is 17.2 Å². The molecule has 0 bridgehead atoms. The summed E-state index contributed by atoms with van der Waals surface area (Å²) in [7, 11) is 3.81. The Morgan fingerprint density at radius 1 is 0.886 bits per heavy atom. The van der Waals surface area contributed by atoms with E-state index in [9.17, 15) is 15.0 Å². The minimum absolute atomic E-state index is 0.163. The standard InChI is InChI=1S/C28H34N2O5/c1-30(2)18-25(35-28(33)26(29)17-21-10-15-24(32)16-11-21)19-34-27-6-4-3-5-22(27)12-7-20-8-13-23(31)14-9-20/h3-6,8-11,13-16,25-26,31-32H,7,12,17-19,29H2,1-2H3. The van der Waals surface area contributed by atoms with Crippen LogP contribution in [0.1, 0.15) is 16.7 Å². The number of likely N-dealkylation sites (N-methyl/N-ethyl adjacent to an activating group) is 1. The number of hydrogen-bond donors (Lipinski definition) is 3. The van der Waals surface area contributed by atoms with Gasteiger partial charge in [-0.05, 0) is 80.4 Å². The molecule has 2 unspecified atom stereocenters. The van der Waals surface area contributed by atoms with E-state index in [1.165, 1.54) is 0 Å². The summed E-state index contributed by atoms with van der Waals surface area (Å²) in [6, 6.07) is 20.8. The largest absolute Gasteiger partial charge is 0.508 e. The van der Waals surface area contributed by atoms with Crippen molar-refractivity contribution in [3.8, 4) is 17.2 Å². The van der Waals surface area contributed by atoms with Gasteiger partial charge in [-0.15, -0.1) is 0 Å². The Bertz CT molecular complexity index is 1070. The molecule has 186 valence electrons. The number of aromatic hydroxyl groups is 2. The maximum atomic E-state index is 12.7. The molecular formula is C28H34N2O5. The van der Waals surface area contributed by atoms with Gasteiger partial charge in [0.05, 0.1) is 0 Å². The topological polar surface area (TPSA) is 105 Å². The molecule has 35 heavy (non-hydrogen) atoms. The van der Waals surface area contributed by atoms with Gasteiger partial charge in [-0.1, -0.05) is 42.5 Å². The number of benzene rings is 3. The average Bonchev–Trinajstić information content (AvgIpc) is 2.83. The zero-order chi connectivity index (χ0) is 25.2. The number of phenolic OH excluding ortho intramolecular Hbond substituents is 2.